The number of nitrogens with zero attached hydrogens (tertiary/aromatic N) is 3. The summed E-state index contributed by atoms with van der Waals surface area (Å²) in [4.78, 5) is 14.2. The van der Waals surface area contributed by atoms with Crippen LogP contribution in [0, 0.1) is 0 Å². The number of nitrogen functional groups attached to an aromatic ring is 1. The smallest absolute Gasteiger partial charge is 0.178 e. The predicted molar refractivity (Wildman–Crippen MR) is 117 cm³/mol. The van der Waals surface area contributed by atoms with Crippen molar-refractivity contribution in [3.8, 4) is 22.6 Å². The van der Waals surface area contributed by atoms with Crippen molar-refractivity contribution in [1.29, 1.82) is 0 Å². The van der Waals surface area contributed by atoms with E-state index in [0.29, 0.717) is 27.2 Å². The fourth-order valence-electron chi connectivity index (χ4n) is 3.03. The minimum Gasteiger partial charge on any atom is -0.396 e. The Labute approximate surface area is 170 Å². The molecular formula is C21H20N4OS2. The molecule has 3 heterocycles. The highest BCUT2D eigenvalue weighted by Gasteiger charge is 2.21. The quantitative estimate of drug-likeness (QED) is 0.490. The van der Waals surface area contributed by atoms with Gasteiger partial charge in [0.1, 0.15) is 14.7 Å². The van der Waals surface area contributed by atoms with Gasteiger partial charge in [-0.1, -0.05) is 43.7 Å². The Morgan fingerprint density at radius 2 is 1.86 bits per heavy atom. The number of anilines is 1. The van der Waals surface area contributed by atoms with Crippen LogP contribution < -0.4 is 5.73 Å². The molecule has 4 rings (SSSR count). The normalized spacial score (nSPS) is 12.3. The lowest BCUT2D eigenvalue weighted by Gasteiger charge is -2.08. The molecule has 0 aliphatic carbocycles. The standard InChI is InChI=1S/C21H20N4OS2/c1-2-3-12-28(26)21-18(22)17-15(14-8-5-4-6-9-14)13-16(25-20(17)27-21)19-23-10-7-11-24-19/h4-11,13H,2-3,12,22H2,1H3. The molecule has 1 atom stereocenters. The van der Waals surface area contributed by atoms with Crippen molar-refractivity contribution in [2.24, 2.45) is 0 Å². The van der Waals surface area contributed by atoms with Gasteiger partial charge in [0.15, 0.2) is 5.82 Å². The molecule has 2 N–H and O–H groups in total. The Hall–Kier alpha value is -2.64. The van der Waals surface area contributed by atoms with Crippen LogP contribution in [0.25, 0.3) is 32.9 Å². The van der Waals surface area contributed by atoms with Crippen LogP contribution in [-0.2, 0) is 10.8 Å². The largest absolute Gasteiger partial charge is 0.396 e. The number of fused-ring (bicyclic) bond motifs is 1. The summed E-state index contributed by atoms with van der Waals surface area (Å²) in [7, 11) is -1.12. The summed E-state index contributed by atoms with van der Waals surface area (Å²) in [6.07, 6.45) is 5.30. The second-order valence-electron chi connectivity index (χ2n) is 6.38. The molecule has 0 saturated heterocycles. The first-order valence-corrected chi connectivity index (χ1v) is 11.3. The molecule has 1 aromatic carbocycles. The molecule has 0 spiro atoms. The van der Waals surface area contributed by atoms with E-state index in [9.17, 15) is 4.21 Å². The predicted octanol–water partition coefficient (Wildman–Crippen LogP) is 4.91. The van der Waals surface area contributed by atoms with E-state index in [2.05, 4.69) is 16.9 Å². The van der Waals surface area contributed by atoms with Crippen molar-refractivity contribution in [1.82, 2.24) is 15.0 Å². The lowest BCUT2D eigenvalue weighted by atomic mass is 10.0. The van der Waals surface area contributed by atoms with Crippen molar-refractivity contribution in [3.05, 3.63) is 54.9 Å². The third-order valence-corrected chi connectivity index (χ3v) is 7.43. The highest BCUT2D eigenvalue weighted by Crippen LogP contribution is 2.42. The Bertz CT molecular complexity index is 1130. The highest BCUT2D eigenvalue weighted by molar-refractivity contribution is 7.87. The number of hydrogen-bond donors (Lipinski definition) is 1. The average molecular weight is 409 g/mol. The van der Waals surface area contributed by atoms with Crippen LogP contribution in [0.1, 0.15) is 19.8 Å². The van der Waals surface area contributed by atoms with Crippen LogP contribution >= 0.6 is 11.3 Å². The number of pyridine rings is 1. The SMILES string of the molecule is CCCCS(=O)c1sc2nc(-c3ncccn3)cc(-c3ccccc3)c2c1N. The van der Waals surface area contributed by atoms with Crippen molar-refractivity contribution >= 4 is 38.0 Å². The second-order valence-corrected chi connectivity index (χ2v) is 9.15. The van der Waals surface area contributed by atoms with Gasteiger partial charge in [-0.2, -0.15) is 0 Å². The van der Waals surface area contributed by atoms with Crippen LogP contribution in [0.2, 0.25) is 0 Å². The molecule has 3 aromatic heterocycles. The van der Waals surface area contributed by atoms with Gasteiger partial charge in [0.05, 0.1) is 16.5 Å². The maximum Gasteiger partial charge on any atom is 0.178 e. The summed E-state index contributed by atoms with van der Waals surface area (Å²) in [6, 6.07) is 13.8. The van der Waals surface area contributed by atoms with E-state index in [-0.39, 0.29) is 0 Å². The third kappa shape index (κ3) is 3.55. The minimum absolute atomic E-state index is 0.558. The zero-order valence-electron chi connectivity index (χ0n) is 15.5. The number of aromatic nitrogens is 3. The van der Waals surface area contributed by atoms with Gasteiger partial charge in [-0.25, -0.2) is 15.0 Å². The molecule has 0 fully saturated rings. The number of unbranched alkanes of at least 4 members (excludes halogenated alkanes) is 1. The molecule has 142 valence electrons. The summed E-state index contributed by atoms with van der Waals surface area (Å²) in [5, 5.41) is 0.857. The van der Waals surface area contributed by atoms with Crippen molar-refractivity contribution in [3.63, 3.8) is 0 Å². The molecule has 1 unspecified atom stereocenters. The Kier molecular flexibility index (Phi) is 5.45. The van der Waals surface area contributed by atoms with E-state index in [1.54, 1.807) is 18.5 Å². The first-order valence-electron chi connectivity index (χ1n) is 9.13. The van der Waals surface area contributed by atoms with Gasteiger partial charge < -0.3 is 5.73 Å². The van der Waals surface area contributed by atoms with Gasteiger partial charge in [-0.05, 0) is 29.7 Å². The molecule has 4 aromatic rings. The van der Waals surface area contributed by atoms with Crippen LogP contribution in [0.3, 0.4) is 0 Å². The molecular weight excluding hydrogens is 388 g/mol. The van der Waals surface area contributed by atoms with E-state index < -0.39 is 10.8 Å². The number of thiophene rings is 1. The van der Waals surface area contributed by atoms with Crippen LogP contribution in [0.5, 0.6) is 0 Å². The number of rotatable bonds is 6. The molecule has 0 aliphatic heterocycles. The molecule has 0 saturated carbocycles. The summed E-state index contributed by atoms with van der Waals surface area (Å²) >= 11 is 1.41. The fraction of sp³-hybridized carbons (Fsp3) is 0.190. The van der Waals surface area contributed by atoms with E-state index in [1.807, 2.05) is 36.4 Å². The van der Waals surface area contributed by atoms with Crippen molar-refractivity contribution in [2.75, 3.05) is 11.5 Å². The lowest BCUT2D eigenvalue weighted by molar-refractivity contribution is 0.681. The van der Waals surface area contributed by atoms with Crippen molar-refractivity contribution in [2.45, 2.75) is 24.0 Å². The number of nitrogens with two attached hydrogens (primary N) is 1. The highest BCUT2D eigenvalue weighted by atomic mass is 32.2. The van der Waals surface area contributed by atoms with Gasteiger partial charge in [-0.3, -0.25) is 4.21 Å². The molecule has 0 aliphatic rings. The lowest BCUT2D eigenvalue weighted by Crippen LogP contribution is -1.99. The molecule has 0 radical (unpaired) electrons. The number of hydrogen-bond acceptors (Lipinski definition) is 6. The zero-order chi connectivity index (χ0) is 19.5. The first kappa shape index (κ1) is 18.7. The topological polar surface area (TPSA) is 81.8 Å². The maximum absolute atomic E-state index is 12.8. The average Bonchev–Trinajstić information content (AvgIpc) is 3.09. The van der Waals surface area contributed by atoms with E-state index in [4.69, 9.17) is 10.7 Å². The molecule has 5 nitrogen and oxygen atoms in total. The van der Waals surface area contributed by atoms with E-state index >= 15 is 0 Å². The van der Waals surface area contributed by atoms with Gasteiger partial charge >= 0.3 is 0 Å². The Balaban J connectivity index is 1.95. The number of benzene rings is 1. The first-order chi connectivity index (χ1) is 13.7. The second kappa shape index (κ2) is 8.16. The molecule has 0 amide bonds. The van der Waals surface area contributed by atoms with Crippen LogP contribution in [-0.4, -0.2) is 24.9 Å². The Morgan fingerprint density at radius 1 is 1.11 bits per heavy atom. The molecule has 28 heavy (non-hydrogen) atoms. The summed E-state index contributed by atoms with van der Waals surface area (Å²) in [5.74, 6) is 1.17. The van der Waals surface area contributed by atoms with Gasteiger partial charge in [0.2, 0.25) is 0 Å². The molecule has 0 bridgehead atoms. The minimum atomic E-state index is -1.12. The van der Waals surface area contributed by atoms with Crippen molar-refractivity contribution < 1.29 is 4.21 Å². The monoisotopic (exact) mass is 408 g/mol. The summed E-state index contributed by atoms with van der Waals surface area (Å²) in [6.45, 7) is 2.09. The maximum atomic E-state index is 12.8. The van der Waals surface area contributed by atoms with E-state index in [0.717, 1.165) is 34.2 Å². The zero-order valence-corrected chi connectivity index (χ0v) is 17.1. The van der Waals surface area contributed by atoms with Crippen LogP contribution in [0.4, 0.5) is 5.69 Å². The summed E-state index contributed by atoms with van der Waals surface area (Å²) < 4.78 is 13.5. The Morgan fingerprint density at radius 3 is 2.57 bits per heavy atom. The van der Waals surface area contributed by atoms with Gasteiger partial charge in [0, 0.05) is 23.5 Å². The third-order valence-electron chi connectivity index (χ3n) is 4.43. The molecule has 7 heteroatoms. The fourth-order valence-corrected chi connectivity index (χ4v) is 5.82. The van der Waals surface area contributed by atoms with Crippen LogP contribution in [0.15, 0.2) is 59.1 Å². The van der Waals surface area contributed by atoms with E-state index in [1.165, 1.54) is 11.3 Å². The van der Waals surface area contributed by atoms with Gasteiger partial charge in [-0.15, -0.1) is 11.3 Å². The van der Waals surface area contributed by atoms with Gasteiger partial charge in [0.25, 0.3) is 0 Å². The summed E-state index contributed by atoms with van der Waals surface area (Å²) in [5.41, 5.74) is 9.72.